The van der Waals surface area contributed by atoms with Crippen molar-refractivity contribution in [1.82, 2.24) is 0 Å². The van der Waals surface area contributed by atoms with Gasteiger partial charge in [-0.3, -0.25) is 0 Å². The van der Waals surface area contributed by atoms with Gasteiger partial charge in [0.1, 0.15) is 0 Å². The molecule has 1 rings (SSSR count). The zero-order chi connectivity index (χ0) is 16.9. The summed E-state index contributed by atoms with van der Waals surface area (Å²) in [5.41, 5.74) is -0.846. The maximum absolute atomic E-state index is 12.6. The number of carbonyl (C=O) groups excluding carboxylic acids is 3. The van der Waals surface area contributed by atoms with Crippen molar-refractivity contribution < 1.29 is 36.6 Å². The van der Waals surface area contributed by atoms with Crippen molar-refractivity contribution in [3.05, 3.63) is 34.9 Å². The van der Waals surface area contributed by atoms with E-state index in [-0.39, 0.29) is 16.7 Å². The average Bonchev–Trinajstić information content (AvgIpc) is 2.44. The second-order valence-electron chi connectivity index (χ2n) is 3.50. The van der Waals surface area contributed by atoms with Gasteiger partial charge in [0.15, 0.2) is 0 Å². The van der Waals surface area contributed by atoms with E-state index in [0.717, 1.165) is 25.3 Å². The van der Waals surface area contributed by atoms with E-state index in [1.54, 1.807) is 0 Å². The summed E-state index contributed by atoms with van der Waals surface area (Å²) >= 11 is 0. The molecule has 0 amide bonds. The summed E-state index contributed by atoms with van der Waals surface area (Å²) in [7, 11) is 2.10. The summed E-state index contributed by atoms with van der Waals surface area (Å²) in [4.78, 5) is 34.8. The van der Waals surface area contributed by atoms with Crippen molar-refractivity contribution in [2.75, 3.05) is 7.11 Å². The third-order valence-electron chi connectivity index (χ3n) is 2.14. The standard InChI is InChI=1S/C10H6F2O6P4/c1-16-8(13)5-2-6(9(14)17-21(11)19)4-7(3-5)10(15)18-22(12)20/h2-4H,1H3. The van der Waals surface area contributed by atoms with Gasteiger partial charge in [0.05, 0.1) is 0 Å². The van der Waals surface area contributed by atoms with Gasteiger partial charge in [-0.25, -0.2) is 0 Å². The molecule has 1 aromatic carbocycles. The van der Waals surface area contributed by atoms with Gasteiger partial charge in [-0.1, -0.05) is 0 Å². The van der Waals surface area contributed by atoms with Gasteiger partial charge in [0.2, 0.25) is 0 Å². The molecular weight excluding hydrogens is 378 g/mol. The van der Waals surface area contributed by atoms with E-state index in [0.29, 0.717) is 0 Å². The summed E-state index contributed by atoms with van der Waals surface area (Å²) in [5.74, 6) is -3.18. The molecule has 6 nitrogen and oxygen atoms in total. The van der Waals surface area contributed by atoms with E-state index in [9.17, 15) is 22.8 Å². The van der Waals surface area contributed by atoms with Crippen molar-refractivity contribution in [1.29, 1.82) is 0 Å². The molecule has 0 heterocycles. The Bertz CT molecular complexity index is 721. The fraction of sp³-hybridized carbons (Fsp3) is 0.100. The summed E-state index contributed by atoms with van der Waals surface area (Å²) in [5, 5.41) is 0. The first kappa shape index (κ1) is 19.0. The molecule has 2 unspecified atom stereocenters. The van der Waals surface area contributed by atoms with Crippen molar-refractivity contribution in [3.63, 3.8) is 0 Å². The van der Waals surface area contributed by atoms with Crippen LogP contribution in [0.4, 0.5) is 8.39 Å². The molecule has 0 bridgehead atoms. The number of ether oxygens (including phenoxy) is 1. The Morgan fingerprint density at radius 3 is 1.45 bits per heavy atom. The van der Waals surface area contributed by atoms with E-state index in [1.807, 2.05) is 0 Å². The number of benzene rings is 1. The van der Waals surface area contributed by atoms with Gasteiger partial charge in [-0.05, 0) is 0 Å². The molecule has 116 valence electrons. The number of halogens is 2. The fourth-order valence-electron chi connectivity index (χ4n) is 1.34. The number of methoxy groups -OCH3 is 1. The Balaban J connectivity index is 3.31. The molecule has 1 aromatic rings. The number of hydrogen-bond acceptors (Lipinski definition) is 6. The van der Waals surface area contributed by atoms with E-state index in [2.05, 4.69) is 30.5 Å². The van der Waals surface area contributed by atoms with Crippen LogP contribution in [0.3, 0.4) is 0 Å². The molecule has 2 atom stereocenters. The van der Waals surface area contributed by atoms with Gasteiger partial charge in [0, 0.05) is 0 Å². The predicted octanol–water partition coefficient (Wildman–Crippen LogP) is 5.00. The number of rotatable bonds is 3. The Hall–Kier alpha value is -1.05. The van der Waals surface area contributed by atoms with Crippen LogP contribution in [-0.2, 0) is 13.8 Å². The second kappa shape index (κ2) is 8.55. The molecule has 0 saturated heterocycles. The second-order valence-corrected chi connectivity index (χ2v) is 6.66. The molecule has 0 N–H and O–H groups in total. The van der Waals surface area contributed by atoms with Crippen LogP contribution < -0.4 is 0 Å². The van der Waals surface area contributed by atoms with Crippen LogP contribution in [0.25, 0.3) is 0 Å². The van der Waals surface area contributed by atoms with Crippen LogP contribution in [-0.4, -0.2) is 25.0 Å². The zero-order valence-corrected chi connectivity index (χ0v) is 14.3. The van der Waals surface area contributed by atoms with E-state index in [1.165, 1.54) is 0 Å². The van der Waals surface area contributed by atoms with Crippen molar-refractivity contribution in [2.45, 2.75) is 0 Å². The van der Waals surface area contributed by atoms with E-state index < -0.39 is 33.0 Å². The minimum absolute atomic E-state index is 0.200. The van der Waals surface area contributed by atoms with Gasteiger partial charge >= 0.3 is 128 Å². The minimum atomic E-state index is -2.79. The van der Waals surface area contributed by atoms with Gasteiger partial charge in [-0.2, -0.15) is 0 Å². The molecule has 0 fully saturated rings. The van der Waals surface area contributed by atoms with Gasteiger partial charge in [0.25, 0.3) is 0 Å². The van der Waals surface area contributed by atoms with Crippen LogP contribution in [0.2, 0.25) is 0 Å². The van der Waals surface area contributed by atoms with E-state index in [4.69, 9.17) is 0 Å². The summed E-state index contributed by atoms with van der Waals surface area (Å²) in [6.45, 7) is 0. The molecule has 0 radical (unpaired) electrons. The molecule has 0 spiro atoms. The normalized spacial score (nSPS) is 11.1. The summed E-state index contributed by atoms with van der Waals surface area (Å²) in [6, 6.07) is 3.00. The van der Waals surface area contributed by atoms with Crippen LogP contribution in [0.15, 0.2) is 18.2 Å². The molecule has 0 aliphatic rings. The molecule has 12 heteroatoms. The topological polar surface area (TPSA) is 78.9 Å². The van der Waals surface area contributed by atoms with Crippen molar-refractivity contribution in [2.24, 2.45) is 0 Å². The van der Waals surface area contributed by atoms with Crippen LogP contribution in [0.5, 0.6) is 0 Å². The Kier molecular flexibility index (Phi) is 7.38. The third-order valence-corrected chi connectivity index (χ3v) is 3.26. The summed E-state index contributed by atoms with van der Waals surface area (Å²) < 4.78 is 38.2. The molecule has 0 saturated carbocycles. The van der Waals surface area contributed by atoms with Gasteiger partial charge < -0.3 is 0 Å². The van der Waals surface area contributed by atoms with Crippen molar-refractivity contribution >= 4 is 49.7 Å². The fourth-order valence-corrected chi connectivity index (χ4v) is 2.27. The third kappa shape index (κ3) is 5.62. The van der Waals surface area contributed by atoms with Crippen LogP contribution in [0.1, 0.15) is 31.1 Å². The first-order valence-corrected chi connectivity index (χ1v) is 9.82. The first-order valence-electron chi connectivity index (χ1n) is 5.22. The first-order chi connectivity index (χ1) is 10.2. The van der Waals surface area contributed by atoms with E-state index >= 15 is 0 Å². The van der Waals surface area contributed by atoms with Crippen molar-refractivity contribution in [3.8, 4) is 0 Å². The van der Waals surface area contributed by atoms with Crippen LogP contribution in [0, 0.1) is 0 Å². The molecule has 0 aliphatic heterocycles. The Morgan fingerprint density at radius 2 is 1.18 bits per heavy atom. The predicted molar refractivity (Wildman–Crippen MR) is 78.5 cm³/mol. The molecule has 0 aromatic heterocycles. The Morgan fingerprint density at radius 1 is 0.864 bits per heavy atom. The summed E-state index contributed by atoms with van der Waals surface area (Å²) in [6.07, 6.45) is 0. The Labute approximate surface area is 129 Å². The number of esters is 1. The maximum atomic E-state index is 12.6. The average molecular weight is 384 g/mol. The number of carbonyl (C=O) groups is 3. The van der Waals surface area contributed by atoms with Crippen LogP contribution >= 0.6 is 31.8 Å². The molecular formula is C10H6F2O6P4. The SMILES string of the molecule is COC(=O)c1cc(C(=O)OP(F)#P)cc(C(=O)OP(F)#P)c1. The molecule has 22 heavy (non-hydrogen) atoms. The zero-order valence-electron chi connectivity index (χ0n) is 10.7. The number of hydrogen-bond donors (Lipinski definition) is 0. The van der Waals surface area contributed by atoms with Gasteiger partial charge in [-0.15, -0.1) is 0 Å². The quantitative estimate of drug-likeness (QED) is 0.539. The molecule has 0 aliphatic carbocycles. The monoisotopic (exact) mass is 384 g/mol.